The molecule has 0 aromatic carbocycles. The molecule has 0 radical (unpaired) electrons. The molecule has 0 saturated carbocycles. The molecule has 0 aliphatic rings. The van der Waals surface area contributed by atoms with Crippen LogP contribution in [0.15, 0.2) is 0 Å². The van der Waals surface area contributed by atoms with Crippen molar-refractivity contribution < 1.29 is 23.9 Å². The molecule has 0 aliphatic heterocycles. The number of carbonyl (C=O) groups excluding carboxylic acids is 3. The van der Waals surface area contributed by atoms with Crippen LogP contribution in [0.25, 0.3) is 0 Å². The first kappa shape index (κ1) is 17.4. The molecular weight excluding hydrogens is 250 g/mol. The van der Waals surface area contributed by atoms with E-state index in [0.29, 0.717) is 6.61 Å². The van der Waals surface area contributed by atoms with Gasteiger partial charge < -0.3 is 14.4 Å². The fourth-order valence-electron chi connectivity index (χ4n) is 1.49. The zero-order valence-electron chi connectivity index (χ0n) is 12.1. The van der Waals surface area contributed by atoms with Crippen LogP contribution >= 0.6 is 0 Å². The second kappa shape index (κ2) is 9.35. The molecule has 6 nitrogen and oxygen atoms in total. The molecule has 6 heteroatoms. The van der Waals surface area contributed by atoms with Crippen LogP contribution in [0.4, 0.5) is 0 Å². The number of carbonyl (C=O) groups is 3. The highest BCUT2D eigenvalue weighted by Gasteiger charge is 2.21. The molecule has 1 amide bonds. The number of hydrogen-bond acceptors (Lipinski definition) is 5. The van der Waals surface area contributed by atoms with Gasteiger partial charge in [-0.25, -0.2) is 0 Å². The minimum absolute atomic E-state index is 0.0265. The van der Waals surface area contributed by atoms with Crippen molar-refractivity contribution in [2.24, 2.45) is 0 Å². The Morgan fingerprint density at radius 2 is 1.47 bits per heavy atom. The standard InChI is InChI=1S/C13H23NO5/c1-5-18-12(16)8-7-11(15)14(10(3)4)9-13(17)19-6-2/h10H,5-9H2,1-4H3. The average Bonchev–Trinajstić information content (AvgIpc) is 2.33. The van der Waals surface area contributed by atoms with Crippen LogP contribution in [-0.2, 0) is 23.9 Å². The molecular formula is C13H23NO5. The van der Waals surface area contributed by atoms with E-state index in [1.54, 1.807) is 13.8 Å². The summed E-state index contributed by atoms with van der Waals surface area (Å²) in [6.45, 7) is 7.52. The topological polar surface area (TPSA) is 72.9 Å². The summed E-state index contributed by atoms with van der Waals surface area (Å²) < 4.78 is 9.56. The Labute approximate surface area is 114 Å². The van der Waals surface area contributed by atoms with Gasteiger partial charge in [0.2, 0.25) is 5.91 Å². The Morgan fingerprint density at radius 1 is 0.947 bits per heavy atom. The molecule has 19 heavy (non-hydrogen) atoms. The molecule has 0 aliphatic carbocycles. The van der Waals surface area contributed by atoms with Crippen LogP contribution in [0.5, 0.6) is 0 Å². The maximum absolute atomic E-state index is 11.9. The Hall–Kier alpha value is -1.59. The fourth-order valence-corrected chi connectivity index (χ4v) is 1.49. The number of amides is 1. The summed E-state index contributed by atoms with van der Waals surface area (Å²) in [6, 6.07) is -0.126. The summed E-state index contributed by atoms with van der Waals surface area (Å²) in [4.78, 5) is 35.9. The van der Waals surface area contributed by atoms with Gasteiger partial charge in [-0.1, -0.05) is 0 Å². The lowest BCUT2D eigenvalue weighted by atomic mass is 10.2. The largest absolute Gasteiger partial charge is 0.466 e. The van der Waals surface area contributed by atoms with Crippen LogP contribution in [0.3, 0.4) is 0 Å². The molecule has 0 unspecified atom stereocenters. The van der Waals surface area contributed by atoms with E-state index >= 15 is 0 Å². The average molecular weight is 273 g/mol. The normalized spacial score (nSPS) is 10.2. The van der Waals surface area contributed by atoms with Gasteiger partial charge in [-0.3, -0.25) is 14.4 Å². The molecule has 0 atom stereocenters. The van der Waals surface area contributed by atoms with E-state index in [4.69, 9.17) is 9.47 Å². The summed E-state index contributed by atoms with van der Waals surface area (Å²) in [5, 5.41) is 0. The van der Waals surface area contributed by atoms with Gasteiger partial charge in [-0.2, -0.15) is 0 Å². The zero-order valence-corrected chi connectivity index (χ0v) is 12.1. The maximum Gasteiger partial charge on any atom is 0.325 e. The minimum Gasteiger partial charge on any atom is -0.466 e. The van der Waals surface area contributed by atoms with Gasteiger partial charge in [0.25, 0.3) is 0 Å². The molecule has 0 heterocycles. The smallest absolute Gasteiger partial charge is 0.325 e. The SMILES string of the molecule is CCOC(=O)CCC(=O)N(CC(=O)OCC)C(C)C. The van der Waals surface area contributed by atoms with Gasteiger partial charge in [0, 0.05) is 12.5 Å². The highest BCUT2D eigenvalue weighted by molar-refractivity contribution is 5.84. The van der Waals surface area contributed by atoms with Gasteiger partial charge in [-0.15, -0.1) is 0 Å². The lowest BCUT2D eigenvalue weighted by Crippen LogP contribution is -2.41. The van der Waals surface area contributed by atoms with E-state index in [1.807, 2.05) is 13.8 Å². The van der Waals surface area contributed by atoms with Crippen molar-refractivity contribution in [3.8, 4) is 0 Å². The predicted octanol–water partition coefficient (Wildman–Crippen LogP) is 1.13. The first-order valence-electron chi connectivity index (χ1n) is 6.53. The van der Waals surface area contributed by atoms with E-state index in [1.165, 1.54) is 4.90 Å². The summed E-state index contributed by atoms with van der Waals surface area (Å²) in [7, 11) is 0. The van der Waals surface area contributed by atoms with E-state index in [9.17, 15) is 14.4 Å². The third kappa shape index (κ3) is 7.43. The van der Waals surface area contributed by atoms with Crippen molar-refractivity contribution in [1.82, 2.24) is 4.90 Å². The van der Waals surface area contributed by atoms with Crippen molar-refractivity contribution in [3.05, 3.63) is 0 Å². The highest BCUT2D eigenvalue weighted by Crippen LogP contribution is 2.05. The number of nitrogens with zero attached hydrogens (tertiary/aromatic N) is 1. The Bertz CT molecular complexity index is 314. The quantitative estimate of drug-likeness (QED) is 0.620. The Balaban J connectivity index is 4.34. The lowest BCUT2D eigenvalue weighted by Gasteiger charge is -2.25. The second-order valence-electron chi connectivity index (χ2n) is 4.23. The van der Waals surface area contributed by atoms with E-state index in [2.05, 4.69) is 0 Å². The van der Waals surface area contributed by atoms with Crippen molar-refractivity contribution in [2.75, 3.05) is 19.8 Å². The third-order valence-corrected chi connectivity index (χ3v) is 2.40. The second-order valence-corrected chi connectivity index (χ2v) is 4.23. The summed E-state index contributed by atoms with van der Waals surface area (Å²) in [5.74, 6) is -1.10. The molecule has 0 aromatic heterocycles. The highest BCUT2D eigenvalue weighted by atomic mass is 16.5. The van der Waals surface area contributed by atoms with Crippen LogP contribution < -0.4 is 0 Å². The summed E-state index contributed by atoms with van der Waals surface area (Å²) in [5.41, 5.74) is 0. The van der Waals surface area contributed by atoms with Crippen LogP contribution in [0.2, 0.25) is 0 Å². The van der Waals surface area contributed by atoms with Crippen LogP contribution in [0.1, 0.15) is 40.5 Å². The van der Waals surface area contributed by atoms with Crippen molar-refractivity contribution >= 4 is 17.8 Å². The number of ether oxygens (including phenoxy) is 2. The molecule has 0 bridgehead atoms. The third-order valence-electron chi connectivity index (χ3n) is 2.40. The number of esters is 2. The van der Waals surface area contributed by atoms with Crippen molar-refractivity contribution in [1.29, 1.82) is 0 Å². The van der Waals surface area contributed by atoms with Gasteiger partial charge in [0.05, 0.1) is 19.6 Å². The molecule has 0 rings (SSSR count). The van der Waals surface area contributed by atoms with Crippen molar-refractivity contribution in [3.63, 3.8) is 0 Å². The monoisotopic (exact) mass is 273 g/mol. The van der Waals surface area contributed by atoms with Gasteiger partial charge >= 0.3 is 11.9 Å². The van der Waals surface area contributed by atoms with E-state index in [-0.39, 0.29) is 37.9 Å². The maximum atomic E-state index is 11.9. The molecule has 0 saturated heterocycles. The zero-order chi connectivity index (χ0) is 14.8. The van der Waals surface area contributed by atoms with Crippen molar-refractivity contribution in [2.45, 2.75) is 46.6 Å². The number of hydrogen-bond donors (Lipinski definition) is 0. The summed E-state index contributed by atoms with van der Waals surface area (Å²) >= 11 is 0. The molecule has 0 fully saturated rings. The minimum atomic E-state index is -0.444. The first-order chi connectivity index (χ1) is 8.92. The molecule has 0 spiro atoms. The first-order valence-corrected chi connectivity index (χ1v) is 6.53. The molecule has 0 aromatic rings. The van der Waals surface area contributed by atoms with Gasteiger partial charge in [0.1, 0.15) is 6.54 Å². The number of rotatable bonds is 8. The summed E-state index contributed by atoms with van der Waals surface area (Å²) in [6.07, 6.45) is 0.0646. The van der Waals surface area contributed by atoms with Crippen LogP contribution in [-0.4, -0.2) is 48.5 Å². The van der Waals surface area contributed by atoms with E-state index < -0.39 is 11.9 Å². The van der Waals surface area contributed by atoms with E-state index in [0.717, 1.165) is 0 Å². The predicted molar refractivity (Wildman–Crippen MR) is 69.3 cm³/mol. The Morgan fingerprint density at radius 3 is 1.95 bits per heavy atom. The Kier molecular flexibility index (Phi) is 8.57. The fraction of sp³-hybridized carbons (Fsp3) is 0.769. The van der Waals surface area contributed by atoms with Gasteiger partial charge in [0.15, 0.2) is 0 Å². The van der Waals surface area contributed by atoms with Crippen LogP contribution in [0, 0.1) is 0 Å². The molecule has 110 valence electrons. The molecule has 0 N–H and O–H groups in total. The lowest BCUT2D eigenvalue weighted by molar-refractivity contribution is -0.151. The van der Waals surface area contributed by atoms with Gasteiger partial charge in [-0.05, 0) is 27.7 Å².